The van der Waals surface area contributed by atoms with E-state index in [1.807, 2.05) is 43.3 Å². The second-order valence-corrected chi connectivity index (χ2v) is 4.82. The number of nitrogens with two attached hydrogens (primary N) is 1. The van der Waals surface area contributed by atoms with Crippen molar-refractivity contribution in [2.24, 2.45) is 0 Å². The van der Waals surface area contributed by atoms with Gasteiger partial charge in [-0.15, -0.1) is 0 Å². The van der Waals surface area contributed by atoms with Crippen LogP contribution in [0.1, 0.15) is 34.6 Å². The summed E-state index contributed by atoms with van der Waals surface area (Å²) < 4.78 is 1.39. The predicted octanol–water partition coefficient (Wildman–Crippen LogP) is 2.16. The SMILES string of the molecule is CC(c1ccccc1)c1ccn2nc(C(=O)O)c(N)c2n1. The Bertz CT molecular complexity index is 811. The maximum Gasteiger partial charge on any atom is 0.358 e. The van der Waals surface area contributed by atoms with Gasteiger partial charge in [-0.3, -0.25) is 0 Å². The van der Waals surface area contributed by atoms with Crippen molar-refractivity contribution in [3.05, 3.63) is 59.5 Å². The van der Waals surface area contributed by atoms with Crippen LogP contribution < -0.4 is 5.73 Å². The van der Waals surface area contributed by atoms with E-state index in [1.54, 1.807) is 6.20 Å². The highest BCUT2D eigenvalue weighted by atomic mass is 16.4. The van der Waals surface area contributed by atoms with E-state index in [0.29, 0.717) is 5.65 Å². The molecule has 0 aliphatic carbocycles. The molecule has 6 nitrogen and oxygen atoms in total. The van der Waals surface area contributed by atoms with Gasteiger partial charge in [0.25, 0.3) is 0 Å². The van der Waals surface area contributed by atoms with Gasteiger partial charge in [-0.05, 0) is 11.6 Å². The third-order valence-corrected chi connectivity index (χ3v) is 3.49. The number of hydrogen-bond acceptors (Lipinski definition) is 4. The van der Waals surface area contributed by atoms with Gasteiger partial charge in [-0.1, -0.05) is 37.3 Å². The lowest BCUT2D eigenvalue weighted by Gasteiger charge is -2.11. The van der Waals surface area contributed by atoms with Crippen LogP contribution in [-0.2, 0) is 0 Å². The summed E-state index contributed by atoms with van der Waals surface area (Å²) in [5, 5.41) is 13.0. The molecule has 6 heteroatoms. The number of anilines is 1. The molecule has 1 aromatic carbocycles. The van der Waals surface area contributed by atoms with Crippen LogP contribution in [0.4, 0.5) is 5.69 Å². The third-order valence-electron chi connectivity index (χ3n) is 3.49. The van der Waals surface area contributed by atoms with Gasteiger partial charge in [0.2, 0.25) is 0 Å². The van der Waals surface area contributed by atoms with Gasteiger partial charge >= 0.3 is 5.97 Å². The number of carbonyl (C=O) groups is 1. The zero-order valence-corrected chi connectivity index (χ0v) is 11.4. The van der Waals surface area contributed by atoms with Crippen LogP contribution >= 0.6 is 0 Å². The van der Waals surface area contributed by atoms with Crippen LogP contribution in [0.3, 0.4) is 0 Å². The van der Waals surface area contributed by atoms with E-state index in [0.717, 1.165) is 11.3 Å². The number of benzene rings is 1. The molecule has 0 spiro atoms. The molecule has 0 aliphatic heterocycles. The molecule has 2 heterocycles. The minimum Gasteiger partial charge on any atom is -0.476 e. The second-order valence-electron chi connectivity index (χ2n) is 4.82. The standard InChI is InChI=1S/C15H14N4O2/c1-9(10-5-3-2-4-6-10)11-7-8-19-14(17-11)12(16)13(18-19)15(20)21/h2-9H,16H2,1H3,(H,20,21). The van der Waals surface area contributed by atoms with Crippen LogP contribution in [0.5, 0.6) is 0 Å². The molecule has 106 valence electrons. The van der Waals surface area contributed by atoms with Crippen LogP contribution in [-0.4, -0.2) is 25.7 Å². The lowest BCUT2D eigenvalue weighted by atomic mass is 9.98. The molecule has 21 heavy (non-hydrogen) atoms. The van der Waals surface area contributed by atoms with Crippen LogP contribution in [0.25, 0.3) is 5.65 Å². The van der Waals surface area contributed by atoms with Crippen LogP contribution in [0.15, 0.2) is 42.6 Å². The molecule has 0 bridgehead atoms. The third kappa shape index (κ3) is 2.20. The van der Waals surface area contributed by atoms with E-state index in [4.69, 9.17) is 10.8 Å². The zero-order valence-electron chi connectivity index (χ0n) is 11.4. The monoisotopic (exact) mass is 282 g/mol. The molecule has 2 aromatic heterocycles. The first kappa shape index (κ1) is 13.1. The van der Waals surface area contributed by atoms with Crippen molar-refractivity contribution in [2.75, 3.05) is 5.73 Å². The molecule has 0 amide bonds. The normalized spacial score (nSPS) is 12.4. The van der Waals surface area contributed by atoms with E-state index in [9.17, 15) is 4.79 Å². The highest BCUT2D eigenvalue weighted by molar-refractivity contribution is 5.95. The summed E-state index contributed by atoms with van der Waals surface area (Å²) >= 11 is 0. The number of aromatic nitrogens is 3. The van der Waals surface area contributed by atoms with Crippen LogP contribution in [0.2, 0.25) is 0 Å². The van der Waals surface area contributed by atoms with Gasteiger partial charge in [0.15, 0.2) is 11.3 Å². The van der Waals surface area contributed by atoms with E-state index in [1.165, 1.54) is 4.52 Å². The number of fused-ring (bicyclic) bond motifs is 1. The number of carboxylic acids is 1. The second kappa shape index (κ2) is 4.90. The first-order valence-corrected chi connectivity index (χ1v) is 6.51. The van der Waals surface area contributed by atoms with Gasteiger partial charge in [0, 0.05) is 12.1 Å². The average molecular weight is 282 g/mol. The lowest BCUT2D eigenvalue weighted by Crippen LogP contribution is -2.02. The van der Waals surface area contributed by atoms with Crippen molar-refractivity contribution >= 4 is 17.3 Å². The Balaban J connectivity index is 2.09. The molecule has 3 rings (SSSR count). The Kier molecular flexibility index (Phi) is 3.06. The summed E-state index contributed by atoms with van der Waals surface area (Å²) in [5.74, 6) is -1.07. The molecule has 1 atom stereocenters. The topological polar surface area (TPSA) is 93.5 Å². The number of nitrogen functional groups attached to an aromatic ring is 1. The van der Waals surface area contributed by atoms with E-state index >= 15 is 0 Å². The summed E-state index contributed by atoms with van der Waals surface area (Å²) in [5.41, 5.74) is 8.05. The Morgan fingerprint density at radius 2 is 2.00 bits per heavy atom. The fourth-order valence-electron chi connectivity index (χ4n) is 2.27. The van der Waals surface area contributed by atoms with Gasteiger partial charge in [0.05, 0.1) is 5.69 Å². The molecule has 0 saturated carbocycles. The van der Waals surface area contributed by atoms with Gasteiger partial charge < -0.3 is 10.8 Å². The Hall–Kier alpha value is -2.89. The zero-order chi connectivity index (χ0) is 15.0. The maximum atomic E-state index is 11.0. The molecule has 0 saturated heterocycles. The number of nitrogens with zero attached hydrogens (tertiary/aromatic N) is 3. The number of rotatable bonds is 3. The van der Waals surface area contributed by atoms with E-state index < -0.39 is 5.97 Å². The molecular formula is C15H14N4O2. The molecular weight excluding hydrogens is 268 g/mol. The Morgan fingerprint density at radius 1 is 1.29 bits per heavy atom. The number of aromatic carboxylic acids is 1. The maximum absolute atomic E-state index is 11.0. The summed E-state index contributed by atoms with van der Waals surface area (Å²) in [6.45, 7) is 2.04. The summed E-state index contributed by atoms with van der Waals surface area (Å²) in [4.78, 5) is 15.5. The van der Waals surface area contributed by atoms with Gasteiger partial charge in [-0.2, -0.15) is 5.10 Å². The Labute approximate surface area is 120 Å². The van der Waals surface area contributed by atoms with Crippen molar-refractivity contribution in [3.8, 4) is 0 Å². The van der Waals surface area contributed by atoms with E-state index in [2.05, 4.69) is 10.1 Å². The quantitative estimate of drug-likeness (QED) is 0.767. The molecule has 3 N–H and O–H groups in total. The molecule has 3 aromatic rings. The van der Waals surface area contributed by atoms with Crippen molar-refractivity contribution < 1.29 is 9.90 Å². The fourth-order valence-corrected chi connectivity index (χ4v) is 2.27. The predicted molar refractivity (Wildman–Crippen MR) is 78.3 cm³/mol. The highest BCUT2D eigenvalue weighted by Crippen LogP contribution is 2.24. The fraction of sp³-hybridized carbons (Fsp3) is 0.133. The minimum absolute atomic E-state index is 0.0822. The molecule has 0 fully saturated rings. The smallest absolute Gasteiger partial charge is 0.358 e. The summed E-state index contributed by atoms with van der Waals surface area (Å²) in [6.07, 6.45) is 1.68. The van der Waals surface area contributed by atoms with Crippen molar-refractivity contribution in [2.45, 2.75) is 12.8 Å². The van der Waals surface area contributed by atoms with Crippen molar-refractivity contribution in [1.29, 1.82) is 0 Å². The molecule has 0 aliphatic rings. The van der Waals surface area contributed by atoms with Gasteiger partial charge in [-0.25, -0.2) is 14.3 Å². The summed E-state index contributed by atoms with van der Waals surface area (Å²) in [7, 11) is 0. The largest absolute Gasteiger partial charge is 0.476 e. The van der Waals surface area contributed by atoms with Crippen molar-refractivity contribution in [1.82, 2.24) is 14.6 Å². The van der Waals surface area contributed by atoms with Crippen molar-refractivity contribution in [3.63, 3.8) is 0 Å². The summed E-state index contributed by atoms with van der Waals surface area (Å²) in [6, 6.07) is 11.8. The average Bonchev–Trinajstić information content (AvgIpc) is 2.84. The lowest BCUT2D eigenvalue weighted by molar-refractivity contribution is 0.0691. The first-order valence-electron chi connectivity index (χ1n) is 6.51. The number of hydrogen-bond donors (Lipinski definition) is 2. The molecule has 1 unspecified atom stereocenters. The Morgan fingerprint density at radius 3 is 2.67 bits per heavy atom. The molecule has 0 radical (unpaired) electrons. The van der Waals surface area contributed by atoms with Crippen LogP contribution in [0, 0.1) is 0 Å². The van der Waals surface area contributed by atoms with Gasteiger partial charge in [0.1, 0.15) is 5.69 Å². The number of carboxylic acid groups (broad SMARTS) is 1. The van der Waals surface area contributed by atoms with E-state index in [-0.39, 0.29) is 17.3 Å². The highest BCUT2D eigenvalue weighted by Gasteiger charge is 2.18. The minimum atomic E-state index is -1.16. The first-order chi connectivity index (χ1) is 10.1.